The first-order valence-electron chi connectivity index (χ1n) is 6.46. The van der Waals surface area contributed by atoms with Crippen LogP contribution in [0.3, 0.4) is 0 Å². The minimum absolute atomic E-state index is 0.0267. The van der Waals surface area contributed by atoms with Gasteiger partial charge in [-0.15, -0.1) is 0 Å². The molecule has 0 bridgehead atoms. The topological polar surface area (TPSA) is 29.1 Å². The molecule has 2 rings (SSSR count). The number of hydrogen-bond acceptors (Lipinski definition) is 1. The largest absolute Gasteiger partial charge is 0.322 e. The lowest BCUT2D eigenvalue weighted by molar-refractivity contribution is 0.102. The van der Waals surface area contributed by atoms with E-state index in [-0.39, 0.29) is 5.56 Å². The first kappa shape index (κ1) is 14.7. The number of carbonyl (C=O) groups excluding carboxylic acids is 1. The second-order valence-electron chi connectivity index (χ2n) is 4.46. The van der Waals surface area contributed by atoms with Crippen molar-refractivity contribution in [3.8, 4) is 0 Å². The first-order chi connectivity index (χ1) is 9.63. The van der Waals surface area contributed by atoms with Crippen molar-refractivity contribution in [3.63, 3.8) is 0 Å². The second kappa shape index (κ2) is 6.66. The van der Waals surface area contributed by atoms with Crippen molar-refractivity contribution < 1.29 is 9.18 Å². The van der Waals surface area contributed by atoms with Crippen LogP contribution in [0.5, 0.6) is 0 Å². The Balaban J connectivity index is 2.28. The van der Waals surface area contributed by atoms with Gasteiger partial charge >= 0.3 is 0 Å². The van der Waals surface area contributed by atoms with Gasteiger partial charge in [-0.2, -0.15) is 0 Å². The minimum atomic E-state index is -0.537. The molecule has 4 heteroatoms. The van der Waals surface area contributed by atoms with Gasteiger partial charge in [0.15, 0.2) is 0 Å². The number of anilines is 1. The summed E-state index contributed by atoms with van der Waals surface area (Å²) in [5, 5.41) is 2.78. The van der Waals surface area contributed by atoms with E-state index in [0.717, 1.165) is 24.1 Å². The Morgan fingerprint density at radius 1 is 1.20 bits per heavy atom. The molecule has 0 spiro atoms. The number of aryl methyl sites for hydroxylation is 1. The van der Waals surface area contributed by atoms with Crippen molar-refractivity contribution in [2.24, 2.45) is 0 Å². The number of carbonyl (C=O) groups is 1. The van der Waals surface area contributed by atoms with Gasteiger partial charge in [-0.25, -0.2) is 4.39 Å². The molecule has 0 unspecified atom stereocenters. The molecular weight excluding hydrogens is 321 g/mol. The van der Waals surface area contributed by atoms with Gasteiger partial charge < -0.3 is 5.32 Å². The highest BCUT2D eigenvalue weighted by Crippen LogP contribution is 2.23. The minimum Gasteiger partial charge on any atom is -0.322 e. The maximum Gasteiger partial charge on any atom is 0.259 e. The van der Waals surface area contributed by atoms with E-state index < -0.39 is 11.7 Å². The summed E-state index contributed by atoms with van der Waals surface area (Å²) in [7, 11) is 0. The SMILES string of the molecule is CCCc1ccccc1NC(=O)c1c(F)cccc1Br. The van der Waals surface area contributed by atoms with E-state index in [1.807, 2.05) is 24.3 Å². The molecule has 0 heterocycles. The van der Waals surface area contributed by atoms with E-state index in [2.05, 4.69) is 28.2 Å². The molecule has 20 heavy (non-hydrogen) atoms. The van der Waals surface area contributed by atoms with Crippen molar-refractivity contribution in [2.75, 3.05) is 5.32 Å². The fourth-order valence-corrected chi connectivity index (χ4v) is 2.55. The molecule has 0 radical (unpaired) electrons. The van der Waals surface area contributed by atoms with E-state index in [0.29, 0.717) is 4.47 Å². The summed E-state index contributed by atoms with van der Waals surface area (Å²) in [5.74, 6) is -0.983. The van der Waals surface area contributed by atoms with Gasteiger partial charge in [0.05, 0.1) is 5.56 Å². The zero-order chi connectivity index (χ0) is 14.5. The van der Waals surface area contributed by atoms with Gasteiger partial charge in [0.1, 0.15) is 5.82 Å². The Hall–Kier alpha value is -1.68. The van der Waals surface area contributed by atoms with Crippen LogP contribution in [0.25, 0.3) is 0 Å². The summed E-state index contributed by atoms with van der Waals surface area (Å²) < 4.78 is 14.2. The fourth-order valence-electron chi connectivity index (χ4n) is 2.03. The molecular formula is C16H15BrFNO. The monoisotopic (exact) mass is 335 g/mol. The molecule has 0 fully saturated rings. The van der Waals surface area contributed by atoms with Gasteiger partial charge in [0.25, 0.3) is 5.91 Å². The molecule has 0 aliphatic rings. The Morgan fingerprint density at radius 2 is 1.95 bits per heavy atom. The van der Waals surface area contributed by atoms with Crippen molar-refractivity contribution >= 4 is 27.5 Å². The third-order valence-electron chi connectivity index (χ3n) is 2.97. The summed E-state index contributed by atoms with van der Waals surface area (Å²) in [6.07, 6.45) is 1.85. The summed E-state index contributed by atoms with van der Waals surface area (Å²) in [6.45, 7) is 2.08. The number of rotatable bonds is 4. The number of hydrogen-bond donors (Lipinski definition) is 1. The van der Waals surface area contributed by atoms with Crippen LogP contribution in [0.1, 0.15) is 29.3 Å². The average molecular weight is 336 g/mol. The quantitative estimate of drug-likeness (QED) is 0.854. The highest BCUT2D eigenvalue weighted by molar-refractivity contribution is 9.10. The normalized spacial score (nSPS) is 10.3. The van der Waals surface area contributed by atoms with Crippen LogP contribution < -0.4 is 5.32 Å². The fraction of sp³-hybridized carbons (Fsp3) is 0.188. The Bertz CT molecular complexity index is 607. The molecule has 0 saturated carbocycles. The standard InChI is InChI=1S/C16H15BrFNO/c1-2-6-11-7-3-4-10-14(11)19-16(20)15-12(17)8-5-9-13(15)18/h3-5,7-10H,2,6H2,1H3,(H,19,20). The summed E-state index contributed by atoms with van der Waals surface area (Å²) in [4.78, 5) is 12.2. The van der Waals surface area contributed by atoms with Gasteiger partial charge in [0.2, 0.25) is 0 Å². The van der Waals surface area contributed by atoms with Crippen molar-refractivity contribution in [2.45, 2.75) is 19.8 Å². The van der Waals surface area contributed by atoms with Gasteiger partial charge in [-0.05, 0) is 46.1 Å². The molecule has 0 atom stereocenters. The van der Waals surface area contributed by atoms with Gasteiger partial charge in [-0.3, -0.25) is 4.79 Å². The second-order valence-corrected chi connectivity index (χ2v) is 5.31. The molecule has 2 aromatic rings. The van der Waals surface area contributed by atoms with Crippen molar-refractivity contribution in [1.29, 1.82) is 0 Å². The van der Waals surface area contributed by atoms with Crippen molar-refractivity contribution in [3.05, 3.63) is 63.9 Å². The average Bonchev–Trinajstić information content (AvgIpc) is 2.41. The lowest BCUT2D eigenvalue weighted by Crippen LogP contribution is -2.15. The van der Waals surface area contributed by atoms with Crippen LogP contribution in [0.4, 0.5) is 10.1 Å². The van der Waals surface area contributed by atoms with Gasteiger partial charge in [0, 0.05) is 10.2 Å². The van der Waals surface area contributed by atoms with E-state index in [1.165, 1.54) is 6.07 Å². The Labute approximate surface area is 126 Å². The van der Waals surface area contributed by atoms with Crippen LogP contribution in [0.15, 0.2) is 46.9 Å². The van der Waals surface area contributed by atoms with Crippen LogP contribution in [-0.4, -0.2) is 5.91 Å². The maximum absolute atomic E-state index is 13.8. The predicted molar refractivity (Wildman–Crippen MR) is 82.5 cm³/mol. The van der Waals surface area contributed by atoms with Gasteiger partial charge in [-0.1, -0.05) is 37.6 Å². The van der Waals surface area contributed by atoms with Crippen LogP contribution in [0, 0.1) is 5.82 Å². The molecule has 0 aromatic heterocycles. The third-order valence-corrected chi connectivity index (χ3v) is 3.64. The van der Waals surface area contributed by atoms with E-state index >= 15 is 0 Å². The van der Waals surface area contributed by atoms with Crippen molar-refractivity contribution in [1.82, 2.24) is 0 Å². The maximum atomic E-state index is 13.8. The Morgan fingerprint density at radius 3 is 2.65 bits per heavy atom. The highest BCUT2D eigenvalue weighted by Gasteiger charge is 2.16. The first-order valence-corrected chi connectivity index (χ1v) is 7.26. The highest BCUT2D eigenvalue weighted by atomic mass is 79.9. The molecule has 0 saturated heterocycles. The number of para-hydroxylation sites is 1. The lowest BCUT2D eigenvalue weighted by Gasteiger charge is -2.11. The molecule has 2 nitrogen and oxygen atoms in total. The van der Waals surface area contributed by atoms with E-state index in [1.54, 1.807) is 12.1 Å². The van der Waals surface area contributed by atoms with E-state index in [4.69, 9.17) is 0 Å². The zero-order valence-corrected chi connectivity index (χ0v) is 12.7. The molecule has 1 N–H and O–H groups in total. The summed E-state index contributed by atoms with van der Waals surface area (Å²) in [6, 6.07) is 12.1. The number of benzene rings is 2. The predicted octanol–water partition coefficient (Wildman–Crippen LogP) is 4.79. The van der Waals surface area contributed by atoms with E-state index in [9.17, 15) is 9.18 Å². The smallest absolute Gasteiger partial charge is 0.259 e. The third kappa shape index (κ3) is 3.25. The number of amides is 1. The zero-order valence-electron chi connectivity index (χ0n) is 11.1. The summed E-state index contributed by atoms with van der Waals surface area (Å²) in [5.41, 5.74) is 1.81. The number of nitrogens with one attached hydrogen (secondary N) is 1. The molecule has 104 valence electrons. The summed E-state index contributed by atoms with van der Waals surface area (Å²) >= 11 is 3.21. The molecule has 2 aromatic carbocycles. The lowest BCUT2D eigenvalue weighted by atomic mass is 10.1. The molecule has 0 aliphatic carbocycles. The Kier molecular flexibility index (Phi) is 4.90. The van der Waals surface area contributed by atoms with Crippen LogP contribution in [0.2, 0.25) is 0 Å². The molecule has 0 aliphatic heterocycles. The van der Waals surface area contributed by atoms with Crippen LogP contribution >= 0.6 is 15.9 Å². The molecule has 1 amide bonds. The number of halogens is 2. The van der Waals surface area contributed by atoms with Crippen LogP contribution in [-0.2, 0) is 6.42 Å².